The molecule has 2 rings (SSSR count). The second-order valence-corrected chi connectivity index (χ2v) is 3.08. The summed E-state index contributed by atoms with van der Waals surface area (Å²) < 4.78 is 0. The number of nitrogens with one attached hydrogen (secondary N) is 1. The minimum Gasteiger partial charge on any atom is -0.508 e. The highest BCUT2D eigenvalue weighted by Gasteiger charge is 2.08. The van der Waals surface area contributed by atoms with Crippen molar-refractivity contribution in [3.63, 3.8) is 0 Å². The van der Waals surface area contributed by atoms with E-state index >= 15 is 0 Å². The third-order valence-electron chi connectivity index (χ3n) is 1.89. The monoisotopic (exact) mass is 195 g/mol. The topological polar surface area (TPSA) is 53.1 Å². The van der Waals surface area contributed by atoms with Gasteiger partial charge in [0.15, 0.2) is 6.29 Å². The molecule has 0 bridgehead atoms. The molecule has 1 heterocycles. The van der Waals surface area contributed by atoms with Gasteiger partial charge in [0.2, 0.25) is 0 Å². The summed E-state index contributed by atoms with van der Waals surface area (Å²) in [4.78, 5) is 13.5. The van der Waals surface area contributed by atoms with Gasteiger partial charge in [-0.3, -0.25) is 4.79 Å². The summed E-state index contributed by atoms with van der Waals surface area (Å²) in [5.41, 5.74) is 1.12. The number of phenolic OH excluding ortho intramolecular Hbond substituents is 1. The zero-order valence-electron chi connectivity index (χ0n) is 6.54. The van der Waals surface area contributed by atoms with Crippen molar-refractivity contribution in [3.8, 4) is 5.75 Å². The molecular weight excluding hydrogens is 190 g/mol. The number of aromatic hydroxyl groups is 1. The van der Waals surface area contributed by atoms with Crippen LogP contribution in [0.3, 0.4) is 0 Å². The summed E-state index contributed by atoms with van der Waals surface area (Å²) >= 11 is 5.75. The second kappa shape index (κ2) is 2.78. The number of carbonyl (C=O) groups excluding carboxylic acids is 1. The predicted octanol–water partition coefficient (Wildman–Crippen LogP) is 2.34. The van der Waals surface area contributed by atoms with Crippen LogP contribution in [0.2, 0.25) is 5.15 Å². The van der Waals surface area contributed by atoms with Gasteiger partial charge in [0, 0.05) is 10.9 Å². The number of aromatic amines is 1. The number of benzene rings is 1. The van der Waals surface area contributed by atoms with Crippen LogP contribution in [0.4, 0.5) is 0 Å². The Morgan fingerprint density at radius 2 is 2.23 bits per heavy atom. The molecule has 0 aliphatic heterocycles. The molecule has 0 spiro atoms. The Labute approximate surface area is 78.9 Å². The van der Waals surface area contributed by atoms with Crippen molar-refractivity contribution in [1.82, 2.24) is 4.98 Å². The molecule has 0 unspecified atom stereocenters. The minimum atomic E-state index is 0.117. The first-order valence-corrected chi connectivity index (χ1v) is 4.05. The van der Waals surface area contributed by atoms with Gasteiger partial charge < -0.3 is 10.1 Å². The Balaban J connectivity index is 2.88. The number of phenols is 1. The molecule has 0 aliphatic rings. The number of aldehydes is 1. The first-order valence-electron chi connectivity index (χ1n) is 3.68. The smallest absolute Gasteiger partial charge is 0.153 e. The predicted molar refractivity (Wildman–Crippen MR) is 50.4 cm³/mol. The van der Waals surface area contributed by atoms with E-state index in [1.165, 1.54) is 12.1 Å². The fraction of sp³-hybridized carbons (Fsp3) is 0. The fourth-order valence-electron chi connectivity index (χ4n) is 1.28. The molecule has 66 valence electrons. The van der Waals surface area contributed by atoms with Crippen LogP contribution in [0.15, 0.2) is 18.2 Å². The highest BCUT2D eigenvalue weighted by molar-refractivity contribution is 6.34. The average molecular weight is 196 g/mol. The van der Waals surface area contributed by atoms with Gasteiger partial charge in [0.05, 0.1) is 5.56 Å². The largest absolute Gasteiger partial charge is 0.508 e. The summed E-state index contributed by atoms with van der Waals surface area (Å²) in [5, 5.41) is 10.1. The summed E-state index contributed by atoms with van der Waals surface area (Å²) in [6, 6.07) is 4.70. The highest BCUT2D eigenvalue weighted by Crippen LogP contribution is 2.27. The minimum absolute atomic E-state index is 0.117. The molecule has 13 heavy (non-hydrogen) atoms. The van der Waals surface area contributed by atoms with Crippen LogP contribution in [-0.2, 0) is 0 Å². The van der Waals surface area contributed by atoms with E-state index in [2.05, 4.69) is 4.98 Å². The van der Waals surface area contributed by atoms with E-state index in [-0.39, 0.29) is 5.75 Å². The summed E-state index contributed by atoms with van der Waals surface area (Å²) in [6.07, 6.45) is 0.667. The molecule has 2 aromatic rings. The van der Waals surface area contributed by atoms with Crippen LogP contribution in [-0.4, -0.2) is 16.4 Å². The average Bonchev–Trinajstić information content (AvgIpc) is 2.40. The van der Waals surface area contributed by atoms with Crippen molar-refractivity contribution in [2.24, 2.45) is 0 Å². The van der Waals surface area contributed by atoms with E-state index < -0.39 is 0 Å². The fourth-order valence-corrected chi connectivity index (χ4v) is 1.53. The quantitative estimate of drug-likeness (QED) is 0.687. The molecule has 4 heteroatoms. The van der Waals surface area contributed by atoms with Crippen LogP contribution in [0.25, 0.3) is 10.9 Å². The normalized spacial score (nSPS) is 10.5. The Kier molecular flexibility index (Phi) is 1.74. The van der Waals surface area contributed by atoms with E-state index in [0.29, 0.717) is 22.4 Å². The first kappa shape index (κ1) is 8.13. The lowest BCUT2D eigenvalue weighted by molar-refractivity contribution is 0.112. The van der Waals surface area contributed by atoms with Crippen molar-refractivity contribution in [1.29, 1.82) is 0 Å². The van der Waals surface area contributed by atoms with Gasteiger partial charge in [-0.25, -0.2) is 0 Å². The Hall–Kier alpha value is -1.48. The van der Waals surface area contributed by atoms with E-state index in [0.717, 1.165) is 5.52 Å². The van der Waals surface area contributed by atoms with Gasteiger partial charge in [-0.1, -0.05) is 11.6 Å². The number of rotatable bonds is 1. The van der Waals surface area contributed by atoms with Crippen molar-refractivity contribution in [2.45, 2.75) is 0 Å². The maximum atomic E-state index is 10.6. The van der Waals surface area contributed by atoms with Crippen molar-refractivity contribution in [3.05, 3.63) is 28.9 Å². The zero-order valence-corrected chi connectivity index (χ0v) is 7.30. The molecule has 2 N–H and O–H groups in total. The van der Waals surface area contributed by atoms with E-state index in [1.54, 1.807) is 6.07 Å². The van der Waals surface area contributed by atoms with Crippen LogP contribution >= 0.6 is 11.6 Å². The molecule has 0 radical (unpaired) electrons. The Bertz CT molecular complexity index is 476. The van der Waals surface area contributed by atoms with Crippen LogP contribution < -0.4 is 0 Å². The van der Waals surface area contributed by atoms with Crippen LogP contribution in [0.5, 0.6) is 5.75 Å². The maximum Gasteiger partial charge on any atom is 0.153 e. The molecule has 0 fully saturated rings. The number of fused-ring (bicyclic) bond motifs is 1. The zero-order chi connectivity index (χ0) is 9.42. The molecule has 0 saturated carbocycles. The van der Waals surface area contributed by atoms with Gasteiger partial charge in [0.25, 0.3) is 0 Å². The highest BCUT2D eigenvalue weighted by atomic mass is 35.5. The first-order chi connectivity index (χ1) is 6.22. The third-order valence-corrected chi connectivity index (χ3v) is 2.19. The lowest BCUT2D eigenvalue weighted by atomic mass is 10.2. The SMILES string of the molecule is O=Cc1c(Cl)[nH]c2ccc(O)cc12. The molecule has 0 amide bonds. The van der Waals surface area contributed by atoms with Gasteiger partial charge in [-0.05, 0) is 18.2 Å². The summed E-state index contributed by atoms with van der Waals surface area (Å²) in [5.74, 6) is 0.117. The van der Waals surface area contributed by atoms with Crippen LogP contribution in [0, 0.1) is 0 Å². The van der Waals surface area contributed by atoms with E-state index in [9.17, 15) is 9.90 Å². The van der Waals surface area contributed by atoms with Gasteiger partial charge in [-0.2, -0.15) is 0 Å². The van der Waals surface area contributed by atoms with Crippen molar-refractivity contribution >= 4 is 28.8 Å². The van der Waals surface area contributed by atoms with Gasteiger partial charge in [-0.15, -0.1) is 0 Å². The van der Waals surface area contributed by atoms with Crippen molar-refractivity contribution < 1.29 is 9.90 Å². The number of aromatic nitrogens is 1. The molecule has 0 atom stereocenters. The number of halogens is 1. The lowest BCUT2D eigenvalue weighted by Crippen LogP contribution is -1.75. The van der Waals surface area contributed by atoms with Crippen LogP contribution in [0.1, 0.15) is 10.4 Å². The molecule has 1 aromatic carbocycles. The second-order valence-electron chi connectivity index (χ2n) is 2.70. The van der Waals surface area contributed by atoms with Gasteiger partial charge >= 0.3 is 0 Å². The maximum absolute atomic E-state index is 10.6. The molecule has 0 saturated heterocycles. The number of carbonyl (C=O) groups is 1. The Morgan fingerprint density at radius 3 is 2.92 bits per heavy atom. The number of hydrogen-bond donors (Lipinski definition) is 2. The van der Waals surface area contributed by atoms with Gasteiger partial charge in [0.1, 0.15) is 10.9 Å². The number of hydrogen-bond acceptors (Lipinski definition) is 2. The lowest BCUT2D eigenvalue weighted by Gasteiger charge is -1.91. The van der Waals surface area contributed by atoms with E-state index in [4.69, 9.17) is 11.6 Å². The third kappa shape index (κ3) is 1.17. The van der Waals surface area contributed by atoms with E-state index in [1.807, 2.05) is 0 Å². The summed E-state index contributed by atoms with van der Waals surface area (Å²) in [6.45, 7) is 0. The molecule has 1 aromatic heterocycles. The van der Waals surface area contributed by atoms with Crippen molar-refractivity contribution in [2.75, 3.05) is 0 Å². The number of H-pyrrole nitrogens is 1. The summed E-state index contributed by atoms with van der Waals surface area (Å²) in [7, 11) is 0. The standard InChI is InChI=1S/C9H6ClNO2/c10-9-7(4-12)6-3-5(13)1-2-8(6)11-9/h1-4,11,13H. The Morgan fingerprint density at radius 1 is 1.46 bits per heavy atom. The molecule has 3 nitrogen and oxygen atoms in total. The molecular formula is C9H6ClNO2. The molecule has 0 aliphatic carbocycles.